The minimum atomic E-state index is -0.350. The largest absolute Gasteiger partial charge is 0.423 e. The number of aliphatic hydroxyl groups is 1. The number of hydrogen-bond donors (Lipinski definition) is 1. The Hall–Kier alpha value is -1.36. The predicted octanol–water partition coefficient (Wildman–Crippen LogP) is 2.71. The zero-order chi connectivity index (χ0) is 15.0. The highest BCUT2D eigenvalue weighted by Gasteiger charge is 2.19. The van der Waals surface area contributed by atoms with Crippen molar-refractivity contribution in [1.29, 1.82) is 0 Å². The van der Waals surface area contributed by atoms with Gasteiger partial charge < -0.3 is 9.52 Å². The number of halogens is 1. The molecule has 1 aliphatic heterocycles. The van der Waals surface area contributed by atoms with Crippen molar-refractivity contribution < 1.29 is 9.52 Å². The van der Waals surface area contributed by atoms with Crippen LogP contribution < -0.4 is 5.63 Å². The fraction of sp³-hybridized carbons (Fsp3) is 0.438. The molecule has 1 aliphatic rings. The number of hydrogen-bond acceptors (Lipinski definition) is 4. The zero-order valence-corrected chi connectivity index (χ0v) is 12.7. The number of aryl methyl sites for hydroxylation is 1. The molecule has 3 rings (SSSR count). The summed E-state index contributed by atoms with van der Waals surface area (Å²) in [5.41, 5.74) is 2.00. The third-order valence-corrected chi connectivity index (χ3v) is 4.39. The van der Waals surface area contributed by atoms with Gasteiger partial charge in [0.1, 0.15) is 5.58 Å². The van der Waals surface area contributed by atoms with Gasteiger partial charge in [0.15, 0.2) is 0 Å². The molecule has 1 aromatic carbocycles. The van der Waals surface area contributed by atoms with Gasteiger partial charge in [0.25, 0.3) is 0 Å². The molecule has 1 aromatic heterocycles. The van der Waals surface area contributed by atoms with Crippen LogP contribution in [0, 0.1) is 6.92 Å². The molecule has 0 amide bonds. The van der Waals surface area contributed by atoms with E-state index in [9.17, 15) is 9.90 Å². The molecule has 0 spiro atoms. The Kier molecular flexibility index (Phi) is 4.02. The van der Waals surface area contributed by atoms with Crippen molar-refractivity contribution in [3.05, 3.63) is 44.8 Å². The maximum Gasteiger partial charge on any atom is 0.336 e. The van der Waals surface area contributed by atoms with Crippen molar-refractivity contribution in [3.63, 3.8) is 0 Å². The number of nitrogens with zero attached hydrogens (tertiary/aromatic N) is 1. The van der Waals surface area contributed by atoms with Crippen LogP contribution >= 0.6 is 11.6 Å². The van der Waals surface area contributed by atoms with Crippen LogP contribution in [0.5, 0.6) is 0 Å². The number of aliphatic hydroxyl groups excluding tert-OH is 1. The monoisotopic (exact) mass is 307 g/mol. The summed E-state index contributed by atoms with van der Waals surface area (Å²) < 4.78 is 5.27. The van der Waals surface area contributed by atoms with Gasteiger partial charge in [-0.15, -0.1) is 0 Å². The van der Waals surface area contributed by atoms with E-state index >= 15 is 0 Å². The molecule has 0 bridgehead atoms. The lowest BCUT2D eigenvalue weighted by Gasteiger charge is -2.30. The predicted molar refractivity (Wildman–Crippen MR) is 82.7 cm³/mol. The summed E-state index contributed by atoms with van der Waals surface area (Å²) in [4.78, 5) is 13.9. The highest BCUT2D eigenvalue weighted by molar-refractivity contribution is 6.32. The third-order valence-electron chi connectivity index (χ3n) is 3.98. The summed E-state index contributed by atoms with van der Waals surface area (Å²) in [5, 5.41) is 11.3. The first-order valence-electron chi connectivity index (χ1n) is 7.16. The number of piperidine rings is 1. The Morgan fingerprint density at radius 3 is 3.00 bits per heavy atom. The number of likely N-dealkylation sites (tertiary alicyclic amines) is 1. The smallest absolute Gasteiger partial charge is 0.336 e. The van der Waals surface area contributed by atoms with E-state index in [-0.39, 0.29) is 11.7 Å². The Balaban J connectivity index is 2.00. The quantitative estimate of drug-likeness (QED) is 0.867. The van der Waals surface area contributed by atoms with Gasteiger partial charge in [-0.1, -0.05) is 11.6 Å². The van der Waals surface area contributed by atoms with Crippen molar-refractivity contribution in [2.24, 2.45) is 0 Å². The van der Waals surface area contributed by atoms with Gasteiger partial charge in [0, 0.05) is 29.6 Å². The molecule has 0 saturated carbocycles. The number of benzene rings is 1. The van der Waals surface area contributed by atoms with Crippen molar-refractivity contribution in [2.75, 3.05) is 13.1 Å². The van der Waals surface area contributed by atoms with Crippen LogP contribution in [0.15, 0.2) is 27.4 Å². The SMILES string of the molecule is Cc1cc2oc(=O)cc(CN3CCCC(O)C3)c2cc1Cl. The Labute approximate surface area is 127 Å². The van der Waals surface area contributed by atoms with E-state index in [0.717, 1.165) is 35.9 Å². The van der Waals surface area contributed by atoms with Gasteiger partial charge in [-0.3, -0.25) is 4.90 Å². The molecular formula is C16H18ClNO3. The summed E-state index contributed by atoms with van der Waals surface area (Å²) in [6.45, 7) is 4.08. The molecule has 5 heteroatoms. The van der Waals surface area contributed by atoms with Crippen LogP contribution in [0.4, 0.5) is 0 Å². The molecule has 0 aliphatic carbocycles. The van der Waals surface area contributed by atoms with Gasteiger partial charge in [0.2, 0.25) is 0 Å². The van der Waals surface area contributed by atoms with Crippen molar-refractivity contribution in [3.8, 4) is 0 Å². The van der Waals surface area contributed by atoms with Crippen LogP contribution in [0.3, 0.4) is 0 Å². The molecule has 1 atom stereocenters. The van der Waals surface area contributed by atoms with E-state index < -0.39 is 0 Å². The first-order valence-corrected chi connectivity index (χ1v) is 7.54. The molecular weight excluding hydrogens is 290 g/mol. The van der Waals surface area contributed by atoms with E-state index in [1.165, 1.54) is 6.07 Å². The van der Waals surface area contributed by atoms with Crippen LogP contribution in [0.2, 0.25) is 5.02 Å². The van der Waals surface area contributed by atoms with E-state index in [2.05, 4.69) is 4.90 Å². The molecule has 0 radical (unpaired) electrons. The third kappa shape index (κ3) is 3.12. The Morgan fingerprint density at radius 1 is 1.43 bits per heavy atom. The molecule has 1 unspecified atom stereocenters. The van der Waals surface area contributed by atoms with E-state index in [1.54, 1.807) is 6.07 Å². The fourth-order valence-corrected chi connectivity index (χ4v) is 3.06. The minimum Gasteiger partial charge on any atom is -0.423 e. The average molecular weight is 308 g/mol. The number of rotatable bonds is 2. The first-order chi connectivity index (χ1) is 10.0. The van der Waals surface area contributed by atoms with Gasteiger partial charge in [-0.2, -0.15) is 0 Å². The van der Waals surface area contributed by atoms with Crippen molar-refractivity contribution in [2.45, 2.75) is 32.4 Å². The van der Waals surface area contributed by atoms with Gasteiger partial charge >= 0.3 is 5.63 Å². The van der Waals surface area contributed by atoms with E-state index in [1.807, 2.05) is 13.0 Å². The molecule has 2 aromatic rings. The summed E-state index contributed by atoms with van der Waals surface area (Å²) >= 11 is 6.19. The second-order valence-corrected chi connectivity index (χ2v) is 6.13. The lowest BCUT2D eigenvalue weighted by molar-refractivity contribution is 0.0670. The maximum atomic E-state index is 11.7. The van der Waals surface area contributed by atoms with Crippen molar-refractivity contribution in [1.82, 2.24) is 4.90 Å². The number of β-amino-alcohol motifs (C(OH)–C–C–N with tert-alkyl or cyclic N) is 1. The molecule has 4 nitrogen and oxygen atoms in total. The summed E-state index contributed by atoms with van der Waals surface area (Å²) in [6, 6.07) is 5.17. The lowest BCUT2D eigenvalue weighted by Crippen LogP contribution is -2.37. The van der Waals surface area contributed by atoms with Crippen LogP contribution in [0.25, 0.3) is 11.0 Å². The van der Waals surface area contributed by atoms with Gasteiger partial charge in [-0.05, 0) is 49.6 Å². The molecule has 112 valence electrons. The Bertz CT molecular complexity index is 725. The highest BCUT2D eigenvalue weighted by atomic mass is 35.5. The molecule has 21 heavy (non-hydrogen) atoms. The fourth-order valence-electron chi connectivity index (χ4n) is 2.89. The number of fused-ring (bicyclic) bond motifs is 1. The average Bonchev–Trinajstić information content (AvgIpc) is 2.41. The lowest BCUT2D eigenvalue weighted by atomic mass is 10.0. The van der Waals surface area contributed by atoms with Gasteiger partial charge in [-0.25, -0.2) is 4.79 Å². The van der Waals surface area contributed by atoms with Crippen LogP contribution in [0.1, 0.15) is 24.0 Å². The standard InChI is InChI=1S/C16H18ClNO3/c1-10-5-15-13(7-14(10)17)11(6-16(20)21-15)8-18-4-2-3-12(19)9-18/h5-7,12,19H,2-4,8-9H2,1H3. The second-order valence-electron chi connectivity index (χ2n) is 5.72. The van der Waals surface area contributed by atoms with Crippen molar-refractivity contribution >= 4 is 22.6 Å². The van der Waals surface area contributed by atoms with Crippen LogP contribution in [-0.2, 0) is 6.54 Å². The maximum absolute atomic E-state index is 11.7. The molecule has 1 N–H and O–H groups in total. The second kappa shape index (κ2) is 5.79. The zero-order valence-electron chi connectivity index (χ0n) is 11.9. The highest BCUT2D eigenvalue weighted by Crippen LogP contribution is 2.26. The molecule has 1 fully saturated rings. The Morgan fingerprint density at radius 2 is 2.24 bits per heavy atom. The van der Waals surface area contributed by atoms with Gasteiger partial charge in [0.05, 0.1) is 6.10 Å². The summed E-state index contributed by atoms with van der Waals surface area (Å²) in [5.74, 6) is 0. The van der Waals surface area contributed by atoms with Crippen LogP contribution in [-0.4, -0.2) is 29.2 Å². The topological polar surface area (TPSA) is 53.7 Å². The summed E-state index contributed by atoms with van der Waals surface area (Å²) in [6.07, 6.45) is 1.54. The normalized spacial score (nSPS) is 20.0. The summed E-state index contributed by atoms with van der Waals surface area (Å²) in [7, 11) is 0. The van der Waals surface area contributed by atoms with E-state index in [0.29, 0.717) is 23.7 Å². The molecule has 1 saturated heterocycles. The minimum absolute atomic E-state index is 0.282. The van der Waals surface area contributed by atoms with E-state index in [4.69, 9.17) is 16.0 Å². The first kappa shape index (κ1) is 14.6. The molecule has 2 heterocycles.